The van der Waals surface area contributed by atoms with Gasteiger partial charge in [0.25, 0.3) is 5.91 Å². The zero-order valence-corrected chi connectivity index (χ0v) is 19.7. The van der Waals surface area contributed by atoms with E-state index >= 15 is 0 Å². The maximum Gasteiger partial charge on any atom is 0.408 e. The molecule has 1 fully saturated rings. The van der Waals surface area contributed by atoms with Gasteiger partial charge in [0, 0.05) is 6.42 Å². The summed E-state index contributed by atoms with van der Waals surface area (Å²) >= 11 is 0. The van der Waals surface area contributed by atoms with E-state index in [2.05, 4.69) is 10.6 Å². The number of carbonyl (C=O) groups is 4. The van der Waals surface area contributed by atoms with Gasteiger partial charge in [-0.2, -0.15) is 0 Å². The molecule has 0 bridgehead atoms. The molecule has 185 valence electrons. The van der Waals surface area contributed by atoms with Crippen molar-refractivity contribution >= 4 is 23.9 Å². The lowest BCUT2D eigenvalue weighted by atomic mass is 10.0. The lowest BCUT2D eigenvalue weighted by Crippen LogP contribution is -2.58. The molecule has 2 rings (SSSR count). The van der Waals surface area contributed by atoms with Gasteiger partial charge < -0.3 is 25.6 Å². The molecule has 2 heterocycles. The molecule has 2 aliphatic rings. The van der Waals surface area contributed by atoms with Gasteiger partial charge >= 0.3 is 18.0 Å². The van der Waals surface area contributed by atoms with Crippen LogP contribution in [0.1, 0.15) is 72.1 Å². The SMILES string of the molecule is CC(C)(C)OC(=O)NC1CCCCCC=CCCC(C(=O)O)NC(=O)C2CC(O)C[N+]2C1=O. The van der Waals surface area contributed by atoms with Crippen LogP contribution in [0.2, 0.25) is 0 Å². The Morgan fingerprint density at radius 2 is 1.82 bits per heavy atom. The fourth-order valence-electron chi connectivity index (χ4n) is 4.02. The molecule has 4 atom stereocenters. The highest BCUT2D eigenvalue weighted by atomic mass is 16.6. The van der Waals surface area contributed by atoms with E-state index in [-0.39, 0.29) is 19.4 Å². The molecule has 0 aliphatic carbocycles. The van der Waals surface area contributed by atoms with Gasteiger partial charge in [-0.25, -0.2) is 14.4 Å². The zero-order chi connectivity index (χ0) is 24.6. The van der Waals surface area contributed by atoms with Crippen LogP contribution in [-0.2, 0) is 19.1 Å². The number of nitrogens with zero attached hydrogens (tertiary/aromatic N) is 1. The average Bonchev–Trinajstić information content (AvgIpc) is 3.09. The molecule has 4 N–H and O–H groups in total. The number of carboxylic acid groups (broad SMARTS) is 1. The molecule has 1 radical (unpaired) electrons. The summed E-state index contributed by atoms with van der Waals surface area (Å²) < 4.78 is 5.30. The largest absolute Gasteiger partial charge is 0.480 e. The molecule has 0 aromatic heterocycles. The summed E-state index contributed by atoms with van der Waals surface area (Å²) in [6.07, 6.45) is 6.60. The van der Waals surface area contributed by atoms with Crippen molar-refractivity contribution in [3.63, 3.8) is 0 Å². The number of fused-ring (bicyclic) bond motifs is 1. The van der Waals surface area contributed by atoms with Gasteiger partial charge in [0.05, 0.1) is 0 Å². The number of allylic oxidation sites excluding steroid dienone is 2. The van der Waals surface area contributed by atoms with Crippen molar-refractivity contribution in [3.05, 3.63) is 12.2 Å². The van der Waals surface area contributed by atoms with E-state index in [0.717, 1.165) is 19.3 Å². The fraction of sp³-hybridized carbons (Fsp3) is 0.739. The molecular formula is C23H37N3O7+. The Kier molecular flexibility index (Phi) is 9.85. The highest BCUT2D eigenvalue weighted by Gasteiger charge is 2.52. The van der Waals surface area contributed by atoms with Crippen molar-refractivity contribution in [2.75, 3.05) is 6.54 Å². The average molecular weight is 468 g/mol. The topological polar surface area (TPSA) is 148 Å². The third-order valence-corrected chi connectivity index (χ3v) is 5.62. The number of aliphatic hydroxyl groups excluding tert-OH is 1. The van der Waals surface area contributed by atoms with Crippen LogP contribution in [0, 0.1) is 0 Å². The number of ether oxygens (including phenoxy) is 1. The van der Waals surface area contributed by atoms with Gasteiger partial charge in [-0.15, -0.1) is 0 Å². The number of hydrogen-bond acceptors (Lipinski definition) is 6. The number of aliphatic hydroxyl groups is 1. The van der Waals surface area contributed by atoms with E-state index in [9.17, 15) is 29.4 Å². The Hall–Kier alpha value is -2.46. The number of aliphatic carboxylic acids is 1. The zero-order valence-electron chi connectivity index (χ0n) is 19.7. The van der Waals surface area contributed by atoms with Crippen LogP contribution in [0.3, 0.4) is 0 Å². The van der Waals surface area contributed by atoms with Crippen molar-refractivity contribution in [1.29, 1.82) is 0 Å². The molecule has 4 unspecified atom stereocenters. The lowest BCUT2D eigenvalue weighted by Gasteiger charge is -2.23. The highest BCUT2D eigenvalue weighted by Crippen LogP contribution is 2.20. The fourth-order valence-corrected chi connectivity index (χ4v) is 4.02. The number of carboxylic acids is 1. The van der Waals surface area contributed by atoms with Gasteiger partial charge in [-0.05, 0) is 52.9 Å². The van der Waals surface area contributed by atoms with E-state index < -0.39 is 53.7 Å². The van der Waals surface area contributed by atoms with Crippen LogP contribution in [0.15, 0.2) is 12.2 Å². The Bertz CT molecular complexity index is 747. The first-order chi connectivity index (χ1) is 15.5. The first-order valence-electron chi connectivity index (χ1n) is 11.6. The number of rotatable bonds is 2. The molecule has 0 spiro atoms. The maximum absolute atomic E-state index is 13.4. The number of hydrogen-bond donors (Lipinski definition) is 4. The molecule has 0 aromatic carbocycles. The molecule has 3 amide bonds. The van der Waals surface area contributed by atoms with Crippen LogP contribution < -0.4 is 15.5 Å². The van der Waals surface area contributed by atoms with E-state index in [4.69, 9.17) is 4.74 Å². The molecule has 0 saturated carbocycles. The smallest absolute Gasteiger partial charge is 0.408 e. The molecule has 10 heteroatoms. The Balaban J connectivity index is 2.25. The summed E-state index contributed by atoms with van der Waals surface area (Å²) in [7, 11) is 0. The van der Waals surface area contributed by atoms with Crippen LogP contribution >= 0.6 is 0 Å². The van der Waals surface area contributed by atoms with Crippen LogP contribution in [0.4, 0.5) is 4.79 Å². The molecule has 10 nitrogen and oxygen atoms in total. The Morgan fingerprint density at radius 3 is 2.48 bits per heavy atom. The van der Waals surface area contributed by atoms with Crippen molar-refractivity contribution in [1.82, 2.24) is 15.5 Å². The summed E-state index contributed by atoms with van der Waals surface area (Å²) in [4.78, 5) is 51.5. The van der Waals surface area contributed by atoms with E-state index in [1.807, 2.05) is 12.2 Å². The van der Waals surface area contributed by atoms with E-state index in [1.165, 1.54) is 4.90 Å². The predicted octanol–water partition coefficient (Wildman–Crippen LogP) is 1.55. The van der Waals surface area contributed by atoms with Crippen molar-refractivity contribution in [3.8, 4) is 0 Å². The van der Waals surface area contributed by atoms with E-state index in [0.29, 0.717) is 19.3 Å². The summed E-state index contributed by atoms with van der Waals surface area (Å²) in [5.74, 6) is -2.27. The summed E-state index contributed by atoms with van der Waals surface area (Å²) in [5.41, 5.74) is -0.740. The summed E-state index contributed by atoms with van der Waals surface area (Å²) in [5, 5.41) is 24.8. The van der Waals surface area contributed by atoms with Gasteiger partial charge in [0.2, 0.25) is 6.04 Å². The van der Waals surface area contributed by atoms with Crippen LogP contribution in [0.5, 0.6) is 0 Å². The first-order valence-corrected chi connectivity index (χ1v) is 11.6. The third-order valence-electron chi connectivity index (χ3n) is 5.62. The second-order valence-electron chi connectivity index (χ2n) is 9.68. The number of amides is 3. The molecule has 2 aliphatic heterocycles. The normalized spacial score (nSPS) is 28.6. The Labute approximate surface area is 194 Å². The number of nitrogens with one attached hydrogen (secondary N) is 2. The van der Waals surface area contributed by atoms with Gasteiger partial charge in [-0.3, -0.25) is 4.79 Å². The Morgan fingerprint density at radius 1 is 1.12 bits per heavy atom. The summed E-state index contributed by atoms with van der Waals surface area (Å²) in [6.45, 7) is 5.09. The van der Waals surface area contributed by atoms with Gasteiger partial charge in [0.1, 0.15) is 17.7 Å². The molecular weight excluding hydrogens is 430 g/mol. The minimum Gasteiger partial charge on any atom is -0.480 e. The first kappa shape index (κ1) is 26.8. The third kappa shape index (κ3) is 8.77. The minimum absolute atomic E-state index is 0.00295. The number of alkyl carbamates (subject to hydrolysis) is 1. The minimum atomic E-state index is -1.15. The number of carbonyl (C=O) groups excluding carboxylic acids is 3. The van der Waals surface area contributed by atoms with Crippen molar-refractivity contribution in [2.24, 2.45) is 0 Å². The second kappa shape index (κ2) is 12.1. The standard InChI is InChI=1S/C23H37N3O7/c1-23(2,3)33-22(32)25-16-11-9-7-5-4-6-8-10-12-17(21(30)31)24-19(28)18-13-15(27)14-26(18)20(16)29/h6,8,15-18,27H,4-5,7,9-14H2,1-3H3,(H,24,28)(H,25,32)(H,30,31)/q+1. The molecule has 1 saturated heterocycles. The molecule has 33 heavy (non-hydrogen) atoms. The maximum atomic E-state index is 13.4. The van der Waals surface area contributed by atoms with E-state index in [1.54, 1.807) is 20.8 Å². The monoisotopic (exact) mass is 467 g/mol. The predicted molar refractivity (Wildman–Crippen MR) is 121 cm³/mol. The molecule has 0 aromatic rings. The van der Waals surface area contributed by atoms with Gasteiger partial charge in [-0.1, -0.05) is 29.9 Å². The van der Waals surface area contributed by atoms with Crippen molar-refractivity contribution in [2.45, 2.75) is 102 Å². The highest BCUT2D eigenvalue weighted by molar-refractivity contribution is 5.95. The summed E-state index contributed by atoms with van der Waals surface area (Å²) in [6, 6.07) is -3.03. The van der Waals surface area contributed by atoms with Gasteiger partial charge in [0.15, 0.2) is 12.6 Å². The quantitative estimate of drug-likeness (QED) is 0.356. The lowest BCUT2D eigenvalue weighted by molar-refractivity contribution is -0.142. The van der Waals surface area contributed by atoms with Crippen LogP contribution in [-0.4, -0.2) is 70.5 Å². The van der Waals surface area contributed by atoms with Crippen molar-refractivity contribution < 1.29 is 34.1 Å². The van der Waals surface area contributed by atoms with Crippen LogP contribution in [0.25, 0.3) is 0 Å². The second-order valence-corrected chi connectivity index (χ2v) is 9.68.